The predicted octanol–water partition coefficient (Wildman–Crippen LogP) is 4.95. The molecule has 7 nitrogen and oxygen atoms in total. The number of amides is 2. The van der Waals surface area contributed by atoms with Gasteiger partial charge in [0.05, 0.1) is 17.3 Å². The standard InChI is InChI=1S/C26H33ClN4O3S/c1-4-5-16-34-21-9-6-19(7-10-21)24(32)29-26(35)28-20-8-11-23(22(27)17-20)30-12-14-31(15-13-30)25(33)18(2)3/h6-11,17-18H,4-5,12-16H2,1-3H3,(H2,28,29,32,35). The lowest BCUT2D eigenvalue weighted by molar-refractivity contribution is -0.134. The van der Waals surface area contributed by atoms with E-state index >= 15 is 0 Å². The van der Waals surface area contributed by atoms with Crippen LogP contribution in [0.15, 0.2) is 42.5 Å². The van der Waals surface area contributed by atoms with E-state index in [-0.39, 0.29) is 22.8 Å². The van der Waals surface area contributed by atoms with Gasteiger partial charge in [0, 0.05) is 43.3 Å². The van der Waals surface area contributed by atoms with Crippen molar-refractivity contribution in [2.75, 3.05) is 43.0 Å². The lowest BCUT2D eigenvalue weighted by Crippen LogP contribution is -2.50. The Balaban J connectivity index is 1.51. The molecule has 0 spiro atoms. The summed E-state index contributed by atoms with van der Waals surface area (Å²) in [6.07, 6.45) is 2.06. The number of nitrogens with one attached hydrogen (secondary N) is 2. The molecular weight excluding hydrogens is 484 g/mol. The molecule has 1 aliphatic rings. The van der Waals surface area contributed by atoms with E-state index in [4.69, 9.17) is 28.6 Å². The van der Waals surface area contributed by atoms with Crippen molar-refractivity contribution >= 4 is 52.1 Å². The first-order valence-electron chi connectivity index (χ1n) is 12.0. The summed E-state index contributed by atoms with van der Waals surface area (Å²) in [6.45, 7) is 9.41. The number of ether oxygens (including phenoxy) is 1. The summed E-state index contributed by atoms with van der Waals surface area (Å²) in [4.78, 5) is 28.8. The molecule has 2 amide bonds. The van der Waals surface area contributed by atoms with Gasteiger partial charge in [-0.25, -0.2) is 0 Å². The number of anilines is 2. The molecule has 2 aromatic rings. The smallest absolute Gasteiger partial charge is 0.257 e. The Kier molecular flexibility index (Phi) is 9.74. The van der Waals surface area contributed by atoms with Crippen LogP contribution in [0.4, 0.5) is 11.4 Å². The molecule has 0 radical (unpaired) electrons. The van der Waals surface area contributed by atoms with E-state index in [9.17, 15) is 9.59 Å². The summed E-state index contributed by atoms with van der Waals surface area (Å²) < 4.78 is 5.63. The topological polar surface area (TPSA) is 73.9 Å². The quantitative estimate of drug-likeness (QED) is 0.382. The first kappa shape index (κ1) is 26.8. The molecule has 0 aromatic heterocycles. The fourth-order valence-corrected chi connectivity index (χ4v) is 4.26. The van der Waals surface area contributed by atoms with Crippen LogP contribution in [-0.4, -0.2) is 54.6 Å². The van der Waals surface area contributed by atoms with Gasteiger partial charge in [0.15, 0.2) is 5.11 Å². The first-order chi connectivity index (χ1) is 16.8. The summed E-state index contributed by atoms with van der Waals surface area (Å²) >= 11 is 11.9. The lowest BCUT2D eigenvalue weighted by Gasteiger charge is -2.37. The number of carbonyl (C=O) groups excluding carboxylic acids is 2. The summed E-state index contributed by atoms with van der Waals surface area (Å²) in [5.41, 5.74) is 2.07. The second-order valence-corrected chi connectivity index (χ2v) is 9.58. The predicted molar refractivity (Wildman–Crippen MR) is 146 cm³/mol. The molecule has 1 aliphatic heterocycles. The van der Waals surface area contributed by atoms with Gasteiger partial charge in [-0.3, -0.25) is 14.9 Å². The van der Waals surface area contributed by atoms with Gasteiger partial charge in [-0.1, -0.05) is 38.8 Å². The molecule has 0 bridgehead atoms. The second kappa shape index (κ2) is 12.7. The summed E-state index contributed by atoms with van der Waals surface area (Å²) in [7, 11) is 0. The minimum absolute atomic E-state index is 0.00348. The SMILES string of the molecule is CCCCOc1ccc(C(=O)NC(=S)Nc2ccc(N3CCN(C(=O)C(C)C)CC3)c(Cl)c2)cc1. The molecule has 9 heteroatoms. The van der Waals surface area contributed by atoms with Gasteiger partial charge in [-0.05, 0) is 61.1 Å². The maximum absolute atomic E-state index is 12.5. The highest BCUT2D eigenvalue weighted by atomic mass is 35.5. The van der Waals surface area contributed by atoms with Gasteiger partial charge < -0.3 is 19.9 Å². The summed E-state index contributed by atoms with van der Waals surface area (Å²) in [5, 5.41) is 6.46. The zero-order valence-corrected chi connectivity index (χ0v) is 22.0. The Bertz CT molecular complexity index is 1040. The number of thiocarbonyl (C=S) groups is 1. The van der Waals surface area contributed by atoms with E-state index < -0.39 is 0 Å². The van der Waals surface area contributed by atoms with Crippen molar-refractivity contribution < 1.29 is 14.3 Å². The molecule has 1 fully saturated rings. The van der Waals surface area contributed by atoms with Crippen LogP contribution >= 0.6 is 23.8 Å². The highest BCUT2D eigenvalue weighted by molar-refractivity contribution is 7.80. The van der Waals surface area contributed by atoms with Crippen LogP contribution in [0.25, 0.3) is 0 Å². The van der Waals surface area contributed by atoms with Crippen LogP contribution in [0.2, 0.25) is 5.02 Å². The highest BCUT2D eigenvalue weighted by Gasteiger charge is 2.24. The van der Waals surface area contributed by atoms with Gasteiger partial charge in [0.2, 0.25) is 5.91 Å². The normalized spacial score (nSPS) is 13.5. The highest BCUT2D eigenvalue weighted by Crippen LogP contribution is 2.30. The van der Waals surface area contributed by atoms with Crippen LogP contribution < -0.4 is 20.3 Å². The van der Waals surface area contributed by atoms with Crippen LogP contribution in [0, 0.1) is 5.92 Å². The van der Waals surface area contributed by atoms with E-state index in [1.165, 1.54) is 0 Å². The molecule has 35 heavy (non-hydrogen) atoms. The molecule has 0 saturated carbocycles. The first-order valence-corrected chi connectivity index (χ1v) is 12.8. The van der Waals surface area contributed by atoms with E-state index in [0.29, 0.717) is 36.0 Å². The molecule has 2 aromatic carbocycles. The zero-order chi connectivity index (χ0) is 25.4. The van der Waals surface area contributed by atoms with E-state index in [1.807, 2.05) is 30.9 Å². The second-order valence-electron chi connectivity index (χ2n) is 8.77. The Labute approximate surface area is 217 Å². The molecule has 188 valence electrons. The van der Waals surface area contributed by atoms with Crippen LogP contribution in [0.1, 0.15) is 44.0 Å². The van der Waals surface area contributed by atoms with E-state index in [1.54, 1.807) is 30.3 Å². The van der Waals surface area contributed by atoms with Crippen molar-refractivity contribution in [1.29, 1.82) is 0 Å². The average Bonchev–Trinajstić information content (AvgIpc) is 2.84. The van der Waals surface area contributed by atoms with E-state index in [2.05, 4.69) is 22.5 Å². The molecule has 0 unspecified atom stereocenters. The number of hydrogen-bond acceptors (Lipinski definition) is 5. The third kappa shape index (κ3) is 7.57. The molecule has 1 saturated heterocycles. The monoisotopic (exact) mass is 516 g/mol. The largest absolute Gasteiger partial charge is 0.494 e. The van der Waals surface area contributed by atoms with Crippen LogP contribution in [0.3, 0.4) is 0 Å². The molecule has 0 aliphatic carbocycles. The maximum Gasteiger partial charge on any atom is 0.257 e. The fraction of sp³-hybridized carbons (Fsp3) is 0.423. The van der Waals surface area contributed by atoms with Gasteiger partial charge in [0.1, 0.15) is 5.75 Å². The van der Waals surface area contributed by atoms with Crippen molar-refractivity contribution in [1.82, 2.24) is 10.2 Å². The lowest BCUT2D eigenvalue weighted by atomic mass is 10.1. The molecule has 0 atom stereocenters. The Morgan fingerprint density at radius 3 is 2.37 bits per heavy atom. The third-order valence-corrected chi connectivity index (χ3v) is 6.25. The molecule has 3 rings (SSSR count). The van der Waals surface area contributed by atoms with Crippen LogP contribution in [0.5, 0.6) is 5.75 Å². The van der Waals surface area contributed by atoms with Crippen molar-refractivity contribution in [2.24, 2.45) is 5.92 Å². The number of rotatable bonds is 8. The number of piperazine rings is 1. The Morgan fingerprint density at radius 1 is 1.09 bits per heavy atom. The van der Waals surface area contributed by atoms with Gasteiger partial charge in [0.25, 0.3) is 5.91 Å². The maximum atomic E-state index is 12.5. The molecular formula is C26H33ClN4O3S. The summed E-state index contributed by atoms with van der Waals surface area (Å²) in [6, 6.07) is 12.5. The van der Waals surface area contributed by atoms with Crippen molar-refractivity contribution in [2.45, 2.75) is 33.6 Å². The van der Waals surface area contributed by atoms with E-state index in [0.717, 1.165) is 37.4 Å². The van der Waals surface area contributed by atoms with Crippen molar-refractivity contribution in [3.05, 3.63) is 53.1 Å². The number of halogens is 1. The third-order valence-electron chi connectivity index (χ3n) is 5.74. The molecule has 1 heterocycles. The zero-order valence-electron chi connectivity index (χ0n) is 20.5. The minimum Gasteiger partial charge on any atom is -0.494 e. The Morgan fingerprint density at radius 2 is 1.77 bits per heavy atom. The number of unbranched alkanes of at least 4 members (excludes halogenated alkanes) is 1. The van der Waals surface area contributed by atoms with Crippen molar-refractivity contribution in [3.8, 4) is 5.75 Å². The Hall–Kier alpha value is -2.84. The number of nitrogens with zero attached hydrogens (tertiary/aromatic N) is 2. The molecule has 2 N–H and O–H groups in total. The van der Waals surface area contributed by atoms with Gasteiger partial charge in [-0.15, -0.1) is 0 Å². The minimum atomic E-state index is -0.306. The van der Waals surface area contributed by atoms with Crippen molar-refractivity contribution in [3.63, 3.8) is 0 Å². The van der Waals surface area contributed by atoms with Crippen LogP contribution in [-0.2, 0) is 4.79 Å². The fourth-order valence-electron chi connectivity index (χ4n) is 3.75. The van der Waals surface area contributed by atoms with Gasteiger partial charge >= 0.3 is 0 Å². The number of carbonyl (C=O) groups is 2. The van der Waals surface area contributed by atoms with Gasteiger partial charge in [-0.2, -0.15) is 0 Å². The summed E-state index contributed by atoms with van der Waals surface area (Å²) in [5.74, 6) is 0.614. The number of benzene rings is 2. The average molecular weight is 517 g/mol. The number of hydrogen-bond donors (Lipinski definition) is 2.